The van der Waals surface area contributed by atoms with Gasteiger partial charge in [0.25, 0.3) is 0 Å². The van der Waals surface area contributed by atoms with E-state index >= 15 is 0 Å². The summed E-state index contributed by atoms with van der Waals surface area (Å²) in [6, 6.07) is 5.80. The second kappa shape index (κ2) is 10.5. The zero-order chi connectivity index (χ0) is 17.2. The van der Waals surface area contributed by atoms with Crippen molar-refractivity contribution in [2.24, 2.45) is 10.9 Å². The molecule has 0 spiro atoms. The van der Waals surface area contributed by atoms with Gasteiger partial charge in [0.05, 0.1) is 5.69 Å². The predicted molar refractivity (Wildman–Crippen MR) is 106 cm³/mol. The van der Waals surface area contributed by atoms with E-state index in [0.717, 1.165) is 34.9 Å². The van der Waals surface area contributed by atoms with Crippen molar-refractivity contribution in [3.05, 3.63) is 18.2 Å². The fourth-order valence-electron chi connectivity index (χ4n) is 3.31. The SMILES string of the molecule is C1CCCC1.C=Nc1ccc(NC(=O)C2CCCC2)cc1SCC. The summed E-state index contributed by atoms with van der Waals surface area (Å²) >= 11 is 1.71. The first-order valence-electron chi connectivity index (χ1n) is 9.29. The van der Waals surface area contributed by atoms with E-state index in [4.69, 9.17) is 0 Å². The number of nitrogens with one attached hydrogen (secondary N) is 1. The molecule has 0 heterocycles. The van der Waals surface area contributed by atoms with E-state index < -0.39 is 0 Å². The Hall–Kier alpha value is -1.29. The van der Waals surface area contributed by atoms with Crippen molar-refractivity contribution in [2.45, 2.75) is 69.6 Å². The first-order valence-corrected chi connectivity index (χ1v) is 10.3. The van der Waals surface area contributed by atoms with Crippen LogP contribution in [0.1, 0.15) is 64.7 Å². The lowest BCUT2D eigenvalue weighted by Gasteiger charge is -2.12. The Kier molecular flexibility index (Phi) is 8.37. The molecule has 4 heteroatoms. The molecule has 0 saturated heterocycles. The Balaban J connectivity index is 0.000000355. The molecule has 0 bridgehead atoms. The molecule has 0 aromatic heterocycles. The number of thioether (sulfide) groups is 1. The van der Waals surface area contributed by atoms with Gasteiger partial charge in [-0.1, -0.05) is 51.9 Å². The lowest BCUT2D eigenvalue weighted by Crippen LogP contribution is -2.20. The molecule has 2 fully saturated rings. The number of rotatable bonds is 5. The number of amides is 1. The highest BCUT2D eigenvalue weighted by atomic mass is 32.2. The van der Waals surface area contributed by atoms with Gasteiger partial charge in [-0.2, -0.15) is 0 Å². The van der Waals surface area contributed by atoms with Gasteiger partial charge in [-0.05, 0) is 43.5 Å². The molecule has 0 atom stereocenters. The molecular formula is C20H30N2OS. The average molecular weight is 347 g/mol. The second-order valence-electron chi connectivity index (χ2n) is 6.51. The monoisotopic (exact) mass is 346 g/mol. The van der Waals surface area contributed by atoms with Crippen molar-refractivity contribution >= 4 is 35.8 Å². The van der Waals surface area contributed by atoms with Gasteiger partial charge in [0, 0.05) is 16.5 Å². The Labute approximate surface area is 150 Å². The van der Waals surface area contributed by atoms with Gasteiger partial charge >= 0.3 is 0 Å². The molecule has 0 radical (unpaired) electrons. The molecule has 2 aliphatic carbocycles. The third kappa shape index (κ3) is 5.97. The third-order valence-corrected chi connectivity index (χ3v) is 5.60. The molecule has 24 heavy (non-hydrogen) atoms. The summed E-state index contributed by atoms with van der Waals surface area (Å²) in [4.78, 5) is 17.2. The van der Waals surface area contributed by atoms with E-state index in [9.17, 15) is 4.79 Å². The van der Waals surface area contributed by atoms with Crippen molar-refractivity contribution in [3.8, 4) is 0 Å². The summed E-state index contributed by atoms with van der Waals surface area (Å²) in [6.07, 6.45) is 11.9. The minimum Gasteiger partial charge on any atom is -0.326 e. The van der Waals surface area contributed by atoms with Gasteiger partial charge in [-0.25, -0.2) is 0 Å². The molecule has 0 unspecified atom stereocenters. The zero-order valence-corrected chi connectivity index (χ0v) is 15.7. The average Bonchev–Trinajstić information content (AvgIpc) is 3.31. The van der Waals surface area contributed by atoms with Gasteiger partial charge < -0.3 is 5.32 Å². The fourth-order valence-corrected chi connectivity index (χ4v) is 4.11. The highest BCUT2D eigenvalue weighted by Crippen LogP contribution is 2.32. The normalized spacial score (nSPS) is 17.2. The fraction of sp³-hybridized carbons (Fsp3) is 0.600. The minimum atomic E-state index is 0.157. The Morgan fingerprint density at radius 3 is 2.33 bits per heavy atom. The van der Waals surface area contributed by atoms with Crippen LogP contribution < -0.4 is 5.32 Å². The number of carbonyl (C=O) groups is 1. The van der Waals surface area contributed by atoms with Crippen LogP contribution >= 0.6 is 11.8 Å². The summed E-state index contributed by atoms with van der Waals surface area (Å²) in [7, 11) is 0. The van der Waals surface area contributed by atoms with Gasteiger partial charge in [0.2, 0.25) is 5.91 Å². The van der Waals surface area contributed by atoms with Gasteiger partial charge in [-0.15, -0.1) is 11.8 Å². The quantitative estimate of drug-likeness (QED) is 0.508. The van der Waals surface area contributed by atoms with Crippen LogP contribution in [0.5, 0.6) is 0 Å². The maximum Gasteiger partial charge on any atom is 0.227 e. The van der Waals surface area contributed by atoms with E-state index in [0.29, 0.717) is 0 Å². The Morgan fingerprint density at radius 2 is 1.79 bits per heavy atom. The number of aliphatic imine (C=N–C) groups is 1. The van der Waals surface area contributed by atoms with Crippen LogP contribution in [0.25, 0.3) is 0 Å². The number of carbonyl (C=O) groups excluding carboxylic acids is 1. The maximum absolute atomic E-state index is 12.1. The lowest BCUT2D eigenvalue weighted by atomic mass is 10.1. The summed E-state index contributed by atoms with van der Waals surface area (Å²) < 4.78 is 0. The minimum absolute atomic E-state index is 0.157. The number of hydrogen-bond acceptors (Lipinski definition) is 3. The highest BCUT2D eigenvalue weighted by Gasteiger charge is 2.22. The van der Waals surface area contributed by atoms with Crippen LogP contribution in [0, 0.1) is 5.92 Å². The Bertz CT molecular complexity index is 527. The second-order valence-corrected chi connectivity index (χ2v) is 7.82. The van der Waals surface area contributed by atoms with E-state index in [1.54, 1.807) is 11.8 Å². The van der Waals surface area contributed by atoms with E-state index in [1.165, 1.54) is 44.9 Å². The highest BCUT2D eigenvalue weighted by molar-refractivity contribution is 7.99. The predicted octanol–water partition coefficient (Wildman–Crippen LogP) is 6.21. The molecule has 1 amide bonds. The number of anilines is 1. The van der Waals surface area contributed by atoms with Gasteiger partial charge in [0.15, 0.2) is 0 Å². The smallest absolute Gasteiger partial charge is 0.227 e. The molecule has 3 nitrogen and oxygen atoms in total. The summed E-state index contributed by atoms with van der Waals surface area (Å²) in [5.41, 5.74) is 1.74. The van der Waals surface area contributed by atoms with Crippen molar-refractivity contribution in [3.63, 3.8) is 0 Å². The van der Waals surface area contributed by atoms with Gasteiger partial charge in [0.1, 0.15) is 0 Å². The lowest BCUT2D eigenvalue weighted by molar-refractivity contribution is -0.119. The standard InChI is InChI=1S/C15H20N2OS.C5H10/c1-3-19-14-10-12(8-9-13(14)16-2)17-15(18)11-6-4-5-7-11;1-2-4-5-3-1/h8-11H,2-7H2,1H3,(H,17,18);1-5H2. The van der Waals surface area contributed by atoms with E-state index in [-0.39, 0.29) is 11.8 Å². The molecular weight excluding hydrogens is 316 g/mol. The number of nitrogens with zero attached hydrogens (tertiary/aromatic N) is 1. The molecule has 132 valence electrons. The van der Waals surface area contributed by atoms with Crippen LogP contribution in [0.3, 0.4) is 0 Å². The molecule has 2 aliphatic rings. The first-order chi connectivity index (χ1) is 11.7. The first kappa shape index (κ1) is 19.0. The number of hydrogen-bond donors (Lipinski definition) is 1. The van der Waals surface area contributed by atoms with Crippen LogP contribution in [0.4, 0.5) is 11.4 Å². The van der Waals surface area contributed by atoms with E-state index in [2.05, 4.69) is 24.0 Å². The van der Waals surface area contributed by atoms with Crippen molar-refractivity contribution in [1.82, 2.24) is 0 Å². The number of benzene rings is 1. The molecule has 2 saturated carbocycles. The van der Waals surface area contributed by atoms with Crippen LogP contribution in [-0.4, -0.2) is 18.4 Å². The summed E-state index contributed by atoms with van der Waals surface area (Å²) in [6.45, 7) is 5.68. The molecule has 1 aromatic carbocycles. The van der Waals surface area contributed by atoms with E-state index in [1.807, 2.05) is 18.2 Å². The Morgan fingerprint density at radius 1 is 1.17 bits per heavy atom. The molecule has 0 aliphatic heterocycles. The van der Waals surface area contributed by atoms with Crippen LogP contribution in [0.15, 0.2) is 28.1 Å². The van der Waals surface area contributed by atoms with Crippen molar-refractivity contribution < 1.29 is 4.79 Å². The summed E-state index contributed by atoms with van der Waals surface area (Å²) in [5, 5.41) is 3.02. The van der Waals surface area contributed by atoms with Crippen molar-refractivity contribution in [1.29, 1.82) is 0 Å². The largest absolute Gasteiger partial charge is 0.326 e. The summed E-state index contributed by atoms with van der Waals surface area (Å²) in [5.74, 6) is 1.33. The zero-order valence-electron chi connectivity index (χ0n) is 14.9. The van der Waals surface area contributed by atoms with Crippen LogP contribution in [0.2, 0.25) is 0 Å². The van der Waals surface area contributed by atoms with Gasteiger partial charge in [-0.3, -0.25) is 9.79 Å². The molecule has 1 aromatic rings. The van der Waals surface area contributed by atoms with Crippen LogP contribution in [-0.2, 0) is 4.79 Å². The van der Waals surface area contributed by atoms with Crippen molar-refractivity contribution in [2.75, 3.05) is 11.1 Å². The third-order valence-electron chi connectivity index (χ3n) is 4.67. The molecule has 3 rings (SSSR count). The topological polar surface area (TPSA) is 41.5 Å². The molecule has 1 N–H and O–H groups in total. The maximum atomic E-state index is 12.1.